The Kier molecular flexibility index (Phi) is 3.65. The van der Waals surface area contributed by atoms with Crippen molar-refractivity contribution in [2.45, 2.75) is 31.8 Å². The Morgan fingerprint density at radius 3 is 2.46 bits per heavy atom. The lowest BCUT2D eigenvalue weighted by molar-refractivity contribution is -0.384. The van der Waals surface area contributed by atoms with E-state index >= 15 is 0 Å². The summed E-state index contributed by atoms with van der Waals surface area (Å²) in [5, 5.41) is 10.8. The molecule has 1 aromatic heterocycles. The number of morpholine rings is 1. The molecule has 0 N–H and O–H groups in total. The van der Waals surface area contributed by atoms with Gasteiger partial charge in [0.2, 0.25) is 0 Å². The fourth-order valence-corrected chi connectivity index (χ4v) is 3.55. The maximum atomic E-state index is 10.8. The lowest BCUT2D eigenvalue weighted by Gasteiger charge is -2.35. The highest BCUT2D eigenvalue weighted by molar-refractivity contribution is 5.60. The molecule has 7 heteroatoms. The smallest absolute Gasteiger partial charge is 0.269 e. The third-order valence-corrected chi connectivity index (χ3v) is 4.68. The van der Waals surface area contributed by atoms with Crippen molar-refractivity contribution in [2.75, 3.05) is 18.1 Å². The second-order valence-corrected chi connectivity index (χ2v) is 6.32. The zero-order valence-electron chi connectivity index (χ0n) is 13.4. The van der Waals surface area contributed by atoms with Gasteiger partial charge in [0.25, 0.3) is 5.69 Å². The first-order valence-corrected chi connectivity index (χ1v) is 8.08. The van der Waals surface area contributed by atoms with Gasteiger partial charge in [0, 0.05) is 29.5 Å². The zero-order valence-corrected chi connectivity index (χ0v) is 13.4. The summed E-state index contributed by atoms with van der Waals surface area (Å²) in [6.07, 6.45) is 2.25. The van der Waals surface area contributed by atoms with Gasteiger partial charge in [-0.25, -0.2) is 9.97 Å². The van der Waals surface area contributed by atoms with E-state index in [2.05, 4.69) is 9.88 Å². The van der Waals surface area contributed by atoms with Gasteiger partial charge < -0.3 is 9.64 Å². The minimum atomic E-state index is -0.405. The SMILES string of the molecule is Cc1cc(N2C3CCC2COC3)nc(-c2ccc([N+](=O)[O-])cc2)n1. The number of non-ortho nitro benzene ring substituents is 1. The Labute approximate surface area is 139 Å². The average molecular weight is 326 g/mol. The van der Waals surface area contributed by atoms with E-state index in [1.54, 1.807) is 12.1 Å². The second-order valence-electron chi connectivity index (χ2n) is 6.32. The van der Waals surface area contributed by atoms with Crippen LogP contribution in [-0.2, 0) is 4.74 Å². The fourth-order valence-electron chi connectivity index (χ4n) is 3.55. The van der Waals surface area contributed by atoms with Crippen molar-refractivity contribution in [3.8, 4) is 11.4 Å². The Balaban J connectivity index is 1.70. The Bertz CT molecular complexity index is 762. The van der Waals surface area contributed by atoms with Crippen molar-refractivity contribution in [2.24, 2.45) is 0 Å². The van der Waals surface area contributed by atoms with Crippen molar-refractivity contribution < 1.29 is 9.66 Å². The number of benzene rings is 1. The molecule has 124 valence electrons. The Morgan fingerprint density at radius 1 is 1.17 bits per heavy atom. The van der Waals surface area contributed by atoms with E-state index in [1.807, 2.05) is 13.0 Å². The lowest BCUT2D eigenvalue weighted by atomic mass is 10.2. The average Bonchev–Trinajstić information content (AvgIpc) is 2.83. The molecule has 7 nitrogen and oxygen atoms in total. The number of anilines is 1. The van der Waals surface area contributed by atoms with E-state index in [0.717, 1.165) is 43.1 Å². The van der Waals surface area contributed by atoms with Crippen LogP contribution >= 0.6 is 0 Å². The van der Waals surface area contributed by atoms with Gasteiger partial charge in [-0.1, -0.05) is 0 Å². The molecular weight excluding hydrogens is 308 g/mol. The van der Waals surface area contributed by atoms with Gasteiger partial charge >= 0.3 is 0 Å². The molecule has 2 aromatic rings. The lowest BCUT2D eigenvalue weighted by Crippen LogP contribution is -2.46. The van der Waals surface area contributed by atoms with Gasteiger partial charge in [-0.3, -0.25) is 10.1 Å². The van der Waals surface area contributed by atoms with E-state index in [4.69, 9.17) is 9.72 Å². The summed E-state index contributed by atoms with van der Waals surface area (Å²) in [6, 6.07) is 9.13. The molecule has 2 aliphatic rings. The summed E-state index contributed by atoms with van der Waals surface area (Å²) in [5.74, 6) is 1.53. The number of rotatable bonds is 3. The van der Waals surface area contributed by atoms with Crippen LogP contribution in [-0.4, -0.2) is 40.2 Å². The number of aromatic nitrogens is 2. The molecule has 2 bridgehead atoms. The first kappa shape index (κ1) is 15.0. The van der Waals surface area contributed by atoms with E-state index in [1.165, 1.54) is 12.1 Å². The van der Waals surface area contributed by atoms with Crippen molar-refractivity contribution in [1.29, 1.82) is 0 Å². The normalized spacial score (nSPS) is 22.6. The van der Waals surface area contributed by atoms with Crippen LogP contribution in [0.25, 0.3) is 11.4 Å². The quantitative estimate of drug-likeness (QED) is 0.637. The summed E-state index contributed by atoms with van der Waals surface area (Å²) < 4.78 is 5.64. The van der Waals surface area contributed by atoms with Crippen molar-refractivity contribution in [1.82, 2.24) is 9.97 Å². The predicted molar refractivity (Wildman–Crippen MR) is 89.0 cm³/mol. The van der Waals surface area contributed by atoms with E-state index in [-0.39, 0.29) is 5.69 Å². The summed E-state index contributed by atoms with van der Waals surface area (Å²) in [6.45, 7) is 3.43. The number of hydrogen-bond acceptors (Lipinski definition) is 6. The highest BCUT2D eigenvalue weighted by atomic mass is 16.6. The molecule has 24 heavy (non-hydrogen) atoms. The number of nitro benzene ring substituents is 1. The summed E-state index contributed by atoms with van der Waals surface area (Å²) in [5.41, 5.74) is 1.74. The first-order valence-electron chi connectivity index (χ1n) is 8.08. The monoisotopic (exact) mass is 326 g/mol. The van der Waals surface area contributed by atoms with Crippen LogP contribution in [0.4, 0.5) is 11.5 Å². The van der Waals surface area contributed by atoms with Crippen LogP contribution in [0.3, 0.4) is 0 Å². The van der Waals surface area contributed by atoms with Crippen LogP contribution in [0.15, 0.2) is 30.3 Å². The standard InChI is InChI=1S/C17H18N4O3/c1-11-8-16(20-14-6-7-15(20)10-24-9-14)19-17(18-11)12-2-4-13(5-3-12)21(22)23/h2-5,8,14-15H,6-7,9-10H2,1H3. The molecular formula is C17H18N4O3. The third kappa shape index (κ3) is 2.60. The van der Waals surface area contributed by atoms with E-state index in [9.17, 15) is 10.1 Å². The molecule has 2 atom stereocenters. The summed E-state index contributed by atoms with van der Waals surface area (Å²) in [4.78, 5) is 22.0. The molecule has 3 heterocycles. The molecule has 2 aliphatic heterocycles. The highest BCUT2D eigenvalue weighted by Gasteiger charge is 2.38. The largest absolute Gasteiger partial charge is 0.377 e. The molecule has 0 radical (unpaired) electrons. The van der Waals surface area contributed by atoms with Gasteiger partial charge in [-0.15, -0.1) is 0 Å². The van der Waals surface area contributed by atoms with Gasteiger partial charge in [0.05, 0.1) is 30.2 Å². The Hall–Kier alpha value is -2.54. The summed E-state index contributed by atoms with van der Waals surface area (Å²) in [7, 11) is 0. The number of nitro groups is 1. The maximum Gasteiger partial charge on any atom is 0.269 e. The predicted octanol–water partition coefficient (Wildman–Crippen LogP) is 2.73. The molecule has 0 saturated carbocycles. The number of fused-ring (bicyclic) bond motifs is 2. The molecule has 2 fully saturated rings. The molecule has 2 unspecified atom stereocenters. The summed E-state index contributed by atoms with van der Waals surface area (Å²) >= 11 is 0. The van der Waals surface area contributed by atoms with Crippen molar-refractivity contribution in [3.05, 3.63) is 46.1 Å². The third-order valence-electron chi connectivity index (χ3n) is 4.68. The fraction of sp³-hybridized carbons (Fsp3) is 0.412. The minimum Gasteiger partial charge on any atom is -0.377 e. The highest BCUT2D eigenvalue weighted by Crippen LogP contribution is 2.34. The molecule has 4 rings (SSSR count). The molecule has 1 aromatic carbocycles. The molecule has 2 saturated heterocycles. The van der Waals surface area contributed by atoms with Crippen molar-refractivity contribution in [3.63, 3.8) is 0 Å². The maximum absolute atomic E-state index is 10.8. The zero-order chi connectivity index (χ0) is 16.7. The minimum absolute atomic E-state index is 0.0675. The second kappa shape index (κ2) is 5.83. The number of aryl methyl sites for hydroxylation is 1. The van der Waals surface area contributed by atoms with Gasteiger partial charge in [-0.2, -0.15) is 0 Å². The Morgan fingerprint density at radius 2 is 1.83 bits per heavy atom. The van der Waals surface area contributed by atoms with Gasteiger partial charge in [0.1, 0.15) is 5.82 Å². The number of nitrogens with zero attached hydrogens (tertiary/aromatic N) is 4. The number of hydrogen-bond donors (Lipinski definition) is 0. The van der Waals surface area contributed by atoms with Crippen LogP contribution in [0.5, 0.6) is 0 Å². The first-order chi connectivity index (χ1) is 11.6. The molecule has 0 spiro atoms. The van der Waals surface area contributed by atoms with Crippen LogP contribution < -0.4 is 4.90 Å². The van der Waals surface area contributed by atoms with Crippen LogP contribution in [0.1, 0.15) is 18.5 Å². The molecule has 0 aliphatic carbocycles. The number of ether oxygens (including phenoxy) is 1. The van der Waals surface area contributed by atoms with Gasteiger partial charge in [-0.05, 0) is 31.9 Å². The topological polar surface area (TPSA) is 81.4 Å². The van der Waals surface area contributed by atoms with E-state index in [0.29, 0.717) is 17.9 Å². The van der Waals surface area contributed by atoms with E-state index < -0.39 is 4.92 Å². The van der Waals surface area contributed by atoms with Crippen LogP contribution in [0, 0.1) is 17.0 Å². The van der Waals surface area contributed by atoms with Crippen LogP contribution in [0.2, 0.25) is 0 Å². The molecule has 0 amide bonds. The van der Waals surface area contributed by atoms with Crippen molar-refractivity contribution >= 4 is 11.5 Å². The van der Waals surface area contributed by atoms with Gasteiger partial charge in [0.15, 0.2) is 5.82 Å².